The van der Waals surface area contributed by atoms with Crippen LogP contribution in [0.1, 0.15) is 30.0 Å². The molecule has 0 radical (unpaired) electrons. The Morgan fingerprint density at radius 3 is 2.83 bits per heavy atom. The van der Waals surface area contributed by atoms with Crippen molar-refractivity contribution < 1.29 is 14.6 Å². The Labute approximate surface area is 107 Å². The highest BCUT2D eigenvalue weighted by Crippen LogP contribution is 2.03. The lowest BCUT2D eigenvalue weighted by Gasteiger charge is -2.17. The number of rotatable bonds is 7. The molecule has 0 aromatic carbocycles. The minimum atomic E-state index is -0.998. The van der Waals surface area contributed by atoms with Crippen molar-refractivity contribution in [1.29, 1.82) is 0 Å². The van der Waals surface area contributed by atoms with E-state index in [4.69, 9.17) is 9.84 Å². The first-order valence-corrected chi connectivity index (χ1v) is 5.98. The van der Waals surface area contributed by atoms with Gasteiger partial charge in [0.25, 0.3) is 0 Å². The lowest BCUT2D eigenvalue weighted by molar-refractivity contribution is 0.0622. The van der Waals surface area contributed by atoms with Crippen molar-refractivity contribution in [3.8, 4) is 0 Å². The number of hydrogen-bond donors (Lipinski definition) is 1. The van der Waals surface area contributed by atoms with Crippen LogP contribution in [0, 0.1) is 0 Å². The average Bonchev–Trinajstić information content (AvgIpc) is 2.28. The van der Waals surface area contributed by atoms with Gasteiger partial charge in [0.05, 0.1) is 18.4 Å². The van der Waals surface area contributed by atoms with E-state index in [0.29, 0.717) is 13.2 Å². The summed E-state index contributed by atoms with van der Waals surface area (Å²) in [6.07, 6.45) is 0.229. The number of likely N-dealkylation sites (N-methyl/N-ethyl adjacent to an activating group) is 1. The molecular weight excluding hydrogens is 232 g/mol. The van der Waals surface area contributed by atoms with Crippen LogP contribution in [0.25, 0.3) is 0 Å². The molecule has 18 heavy (non-hydrogen) atoms. The first kappa shape index (κ1) is 14.6. The minimum absolute atomic E-state index is 0.0827. The molecule has 1 aromatic rings. The Balaban J connectivity index is 2.46. The zero-order valence-electron chi connectivity index (χ0n) is 11.1. The highest BCUT2D eigenvalue weighted by atomic mass is 16.5. The Morgan fingerprint density at radius 1 is 1.50 bits per heavy atom. The van der Waals surface area contributed by atoms with Crippen LogP contribution in [-0.2, 0) is 11.3 Å². The van der Waals surface area contributed by atoms with Crippen molar-refractivity contribution in [3.05, 3.63) is 29.6 Å². The summed E-state index contributed by atoms with van der Waals surface area (Å²) in [4.78, 5) is 16.9. The average molecular weight is 252 g/mol. The first-order valence-electron chi connectivity index (χ1n) is 5.98. The van der Waals surface area contributed by atoms with Gasteiger partial charge in [0, 0.05) is 13.1 Å². The molecule has 5 heteroatoms. The monoisotopic (exact) mass is 252 g/mol. The molecule has 1 rings (SSSR count). The molecule has 0 spiro atoms. The lowest BCUT2D eigenvalue weighted by atomic mass is 10.3. The zero-order chi connectivity index (χ0) is 13.5. The van der Waals surface area contributed by atoms with E-state index in [9.17, 15) is 4.79 Å². The Kier molecular flexibility index (Phi) is 5.74. The molecule has 0 amide bonds. The fraction of sp³-hybridized carbons (Fsp3) is 0.538. The molecule has 0 aliphatic heterocycles. The maximum Gasteiger partial charge on any atom is 0.354 e. The van der Waals surface area contributed by atoms with Crippen LogP contribution in [-0.4, -0.2) is 47.3 Å². The summed E-state index contributed by atoms with van der Waals surface area (Å²) in [5.41, 5.74) is 0.835. The third-order valence-electron chi connectivity index (χ3n) is 2.38. The lowest BCUT2D eigenvalue weighted by Crippen LogP contribution is -2.24. The van der Waals surface area contributed by atoms with Crippen molar-refractivity contribution in [2.75, 3.05) is 20.2 Å². The molecular formula is C13H20N2O3. The van der Waals surface area contributed by atoms with Gasteiger partial charge in [-0.1, -0.05) is 6.07 Å². The highest BCUT2D eigenvalue weighted by Gasteiger charge is 2.07. The van der Waals surface area contributed by atoms with Crippen molar-refractivity contribution in [1.82, 2.24) is 9.88 Å². The van der Waals surface area contributed by atoms with Crippen LogP contribution < -0.4 is 0 Å². The molecule has 1 heterocycles. The molecule has 0 atom stereocenters. The van der Waals surface area contributed by atoms with Crippen LogP contribution in [0.5, 0.6) is 0 Å². The second-order valence-corrected chi connectivity index (χ2v) is 4.48. The largest absolute Gasteiger partial charge is 0.477 e. The number of carboxylic acids is 1. The summed E-state index contributed by atoms with van der Waals surface area (Å²) in [6.45, 7) is 6.06. The number of nitrogens with zero attached hydrogens (tertiary/aromatic N) is 2. The van der Waals surface area contributed by atoms with E-state index in [1.165, 1.54) is 6.07 Å². The normalized spacial score (nSPS) is 11.2. The van der Waals surface area contributed by atoms with Crippen molar-refractivity contribution in [2.45, 2.75) is 26.5 Å². The van der Waals surface area contributed by atoms with Gasteiger partial charge in [-0.3, -0.25) is 4.90 Å². The fourth-order valence-electron chi connectivity index (χ4n) is 1.49. The van der Waals surface area contributed by atoms with E-state index in [1.54, 1.807) is 6.07 Å². The van der Waals surface area contributed by atoms with Gasteiger partial charge >= 0.3 is 5.97 Å². The quantitative estimate of drug-likeness (QED) is 0.799. The van der Waals surface area contributed by atoms with Gasteiger partial charge in [-0.2, -0.15) is 0 Å². The molecule has 0 unspecified atom stereocenters. The number of aromatic nitrogens is 1. The van der Waals surface area contributed by atoms with Gasteiger partial charge in [-0.15, -0.1) is 0 Å². The maximum absolute atomic E-state index is 10.8. The topological polar surface area (TPSA) is 62.7 Å². The summed E-state index contributed by atoms with van der Waals surface area (Å²) in [6, 6.07) is 5.03. The second kappa shape index (κ2) is 7.08. The smallest absolute Gasteiger partial charge is 0.354 e. The predicted molar refractivity (Wildman–Crippen MR) is 68.6 cm³/mol. The fourth-order valence-corrected chi connectivity index (χ4v) is 1.49. The number of ether oxygens (including phenoxy) is 1. The van der Waals surface area contributed by atoms with E-state index in [-0.39, 0.29) is 11.8 Å². The summed E-state index contributed by atoms with van der Waals surface area (Å²) in [5.74, 6) is -0.998. The molecule has 100 valence electrons. The van der Waals surface area contributed by atoms with Gasteiger partial charge in [0.2, 0.25) is 0 Å². The first-order chi connectivity index (χ1) is 8.49. The molecule has 1 N–H and O–H groups in total. The molecule has 0 saturated carbocycles. The molecule has 0 bridgehead atoms. The zero-order valence-corrected chi connectivity index (χ0v) is 11.1. The molecule has 5 nitrogen and oxygen atoms in total. The summed E-state index contributed by atoms with van der Waals surface area (Å²) >= 11 is 0. The van der Waals surface area contributed by atoms with Gasteiger partial charge in [-0.25, -0.2) is 9.78 Å². The van der Waals surface area contributed by atoms with E-state index in [2.05, 4.69) is 9.88 Å². The Morgan fingerprint density at radius 2 is 2.22 bits per heavy atom. The number of carboxylic acid groups (broad SMARTS) is 1. The highest BCUT2D eigenvalue weighted by molar-refractivity contribution is 5.85. The third-order valence-corrected chi connectivity index (χ3v) is 2.38. The number of carbonyl (C=O) groups is 1. The molecule has 0 aliphatic rings. The number of hydrogen-bond acceptors (Lipinski definition) is 4. The van der Waals surface area contributed by atoms with Gasteiger partial charge in [0.15, 0.2) is 0 Å². The van der Waals surface area contributed by atoms with Crippen LogP contribution in [0.15, 0.2) is 18.2 Å². The molecule has 0 saturated heterocycles. The predicted octanol–water partition coefficient (Wildman–Crippen LogP) is 1.64. The van der Waals surface area contributed by atoms with Crippen molar-refractivity contribution >= 4 is 5.97 Å². The summed E-state index contributed by atoms with van der Waals surface area (Å²) in [5, 5.41) is 8.85. The van der Waals surface area contributed by atoms with E-state index >= 15 is 0 Å². The van der Waals surface area contributed by atoms with Crippen molar-refractivity contribution in [2.24, 2.45) is 0 Å². The Hall–Kier alpha value is -1.46. The summed E-state index contributed by atoms with van der Waals surface area (Å²) in [7, 11) is 1.96. The number of aromatic carboxylic acids is 1. The molecule has 1 aromatic heterocycles. The van der Waals surface area contributed by atoms with E-state index < -0.39 is 5.97 Å². The van der Waals surface area contributed by atoms with Gasteiger partial charge < -0.3 is 9.84 Å². The SMILES string of the molecule is CC(C)OCCN(C)Cc1cccc(C(=O)O)n1. The standard InChI is InChI=1S/C13H20N2O3/c1-10(2)18-8-7-15(3)9-11-5-4-6-12(14-11)13(16)17/h4-6,10H,7-9H2,1-3H3,(H,16,17). The minimum Gasteiger partial charge on any atom is -0.477 e. The van der Waals surface area contributed by atoms with Crippen LogP contribution in [0.4, 0.5) is 0 Å². The Bertz CT molecular complexity index is 394. The second-order valence-electron chi connectivity index (χ2n) is 4.48. The van der Waals surface area contributed by atoms with Crippen LogP contribution in [0.3, 0.4) is 0 Å². The van der Waals surface area contributed by atoms with Crippen LogP contribution in [0.2, 0.25) is 0 Å². The third kappa shape index (κ3) is 5.25. The number of pyridine rings is 1. The van der Waals surface area contributed by atoms with Gasteiger partial charge in [0.1, 0.15) is 5.69 Å². The van der Waals surface area contributed by atoms with E-state index in [1.807, 2.05) is 27.0 Å². The van der Waals surface area contributed by atoms with E-state index in [0.717, 1.165) is 12.2 Å². The van der Waals surface area contributed by atoms with Crippen LogP contribution >= 0.6 is 0 Å². The van der Waals surface area contributed by atoms with Crippen molar-refractivity contribution in [3.63, 3.8) is 0 Å². The summed E-state index contributed by atoms with van der Waals surface area (Å²) < 4.78 is 5.46. The maximum atomic E-state index is 10.8. The van der Waals surface area contributed by atoms with Gasteiger partial charge in [-0.05, 0) is 33.0 Å². The molecule has 0 aliphatic carbocycles. The molecule has 0 fully saturated rings.